The smallest absolute Gasteiger partial charge is 0.255 e. The van der Waals surface area contributed by atoms with E-state index in [-0.39, 0.29) is 5.91 Å². The molecule has 1 unspecified atom stereocenters. The SMILES string of the molecule is Cc1ccc2nccc(Nc3ccc(C(=O)Nc4cccc(Nc5ccncc5)c4)cc3P)c2c1. The van der Waals surface area contributed by atoms with Gasteiger partial charge in [-0.2, -0.15) is 0 Å². The molecule has 1 amide bonds. The molecule has 35 heavy (non-hydrogen) atoms. The number of nitrogens with zero attached hydrogens (tertiary/aromatic N) is 2. The standard InChI is InChI=1S/C28H24N5OP/c1-18-5-7-24-23(15-18)25(11-14-30-24)33-26-8-6-19(16-27(26)35)28(34)32-22-4-2-3-21(17-22)31-20-9-12-29-13-10-20/h2-17H,35H2,1H3,(H,29,31)(H,30,33)(H,32,34). The average molecular weight is 478 g/mol. The second-order valence-corrected chi connectivity index (χ2v) is 8.82. The van der Waals surface area contributed by atoms with Crippen LogP contribution in [0.2, 0.25) is 0 Å². The number of rotatable bonds is 6. The third kappa shape index (κ3) is 5.29. The highest BCUT2D eigenvalue weighted by molar-refractivity contribution is 7.28. The zero-order valence-electron chi connectivity index (χ0n) is 19.1. The lowest BCUT2D eigenvalue weighted by Gasteiger charge is -2.14. The molecule has 0 bridgehead atoms. The summed E-state index contributed by atoms with van der Waals surface area (Å²) >= 11 is 0. The second kappa shape index (κ2) is 9.92. The van der Waals surface area contributed by atoms with Gasteiger partial charge in [0.1, 0.15) is 0 Å². The number of amides is 1. The maximum absolute atomic E-state index is 12.9. The van der Waals surface area contributed by atoms with Crippen molar-refractivity contribution in [3.8, 4) is 0 Å². The summed E-state index contributed by atoms with van der Waals surface area (Å²) in [6, 6.07) is 25.1. The molecule has 0 aliphatic heterocycles. The summed E-state index contributed by atoms with van der Waals surface area (Å²) in [5.74, 6) is -0.175. The molecule has 0 aliphatic carbocycles. The van der Waals surface area contributed by atoms with Gasteiger partial charge in [-0.3, -0.25) is 14.8 Å². The molecule has 0 saturated carbocycles. The Bertz CT molecular complexity index is 1520. The zero-order valence-corrected chi connectivity index (χ0v) is 20.3. The lowest BCUT2D eigenvalue weighted by atomic mass is 10.1. The van der Waals surface area contributed by atoms with Gasteiger partial charge < -0.3 is 16.0 Å². The van der Waals surface area contributed by atoms with Gasteiger partial charge in [-0.15, -0.1) is 9.24 Å². The Morgan fingerprint density at radius 2 is 1.60 bits per heavy atom. The van der Waals surface area contributed by atoms with Gasteiger partial charge in [-0.1, -0.05) is 17.7 Å². The van der Waals surface area contributed by atoms with Crippen LogP contribution in [0.25, 0.3) is 10.9 Å². The van der Waals surface area contributed by atoms with Crippen LogP contribution in [0.3, 0.4) is 0 Å². The molecule has 5 rings (SSSR count). The van der Waals surface area contributed by atoms with Crippen molar-refractivity contribution in [1.29, 1.82) is 0 Å². The molecule has 5 aromatic rings. The number of aryl methyl sites for hydroxylation is 1. The highest BCUT2D eigenvalue weighted by Crippen LogP contribution is 2.26. The minimum absolute atomic E-state index is 0.175. The van der Waals surface area contributed by atoms with E-state index in [2.05, 4.69) is 54.2 Å². The molecule has 1 atom stereocenters. The van der Waals surface area contributed by atoms with Crippen molar-refractivity contribution in [2.75, 3.05) is 16.0 Å². The molecule has 2 heterocycles. The predicted octanol–water partition coefficient (Wildman–Crippen LogP) is 6.18. The first-order chi connectivity index (χ1) is 17.0. The van der Waals surface area contributed by atoms with Crippen LogP contribution in [-0.4, -0.2) is 15.9 Å². The Hall–Kier alpha value is -4.28. The number of hydrogen-bond donors (Lipinski definition) is 3. The minimum atomic E-state index is -0.175. The van der Waals surface area contributed by atoms with E-state index in [0.717, 1.165) is 39.0 Å². The summed E-state index contributed by atoms with van der Waals surface area (Å²) in [6.45, 7) is 2.07. The van der Waals surface area contributed by atoms with E-state index >= 15 is 0 Å². The number of carbonyl (C=O) groups excluding carboxylic acids is 1. The molecule has 0 fully saturated rings. The Balaban J connectivity index is 1.31. The number of pyridine rings is 2. The van der Waals surface area contributed by atoms with Crippen LogP contribution >= 0.6 is 9.24 Å². The maximum atomic E-state index is 12.9. The van der Waals surface area contributed by atoms with Crippen molar-refractivity contribution in [1.82, 2.24) is 9.97 Å². The van der Waals surface area contributed by atoms with Gasteiger partial charge in [0.2, 0.25) is 0 Å². The molecule has 3 N–H and O–H groups in total. The summed E-state index contributed by atoms with van der Waals surface area (Å²) < 4.78 is 0. The Morgan fingerprint density at radius 3 is 2.43 bits per heavy atom. The Kier molecular flexibility index (Phi) is 6.38. The molecular formula is C28H24N5OP. The fourth-order valence-corrected chi connectivity index (χ4v) is 4.16. The van der Waals surface area contributed by atoms with Crippen molar-refractivity contribution in [3.05, 3.63) is 109 Å². The summed E-state index contributed by atoms with van der Waals surface area (Å²) in [4.78, 5) is 21.4. The van der Waals surface area contributed by atoms with E-state index in [1.165, 1.54) is 5.56 Å². The molecule has 0 radical (unpaired) electrons. The second-order valence-electron chi connectivity index (χ2n) is 8.20. The fourth-order valence-electron chi connectivity index (χ4n) is 3.81. The van der Waals surface area contributed by atoms with Crippen LogP contribution in [0.1, 0.15) is 15.9 Å². The van der Waals surface area contributed by atoms with Crippen LogP contribution in [0.5, 0.6) is 0 Å². The van der Waals surface area contributed by atoms with E-state index in [0.29, 0.717) is 11.3 Å². The van der Waals surface area contributed by atoms with Crippen molar-refractivity contribution in [3.63, 3.8) is 0 Å². The molecule has 3 aromatic carbocycles. The van der Waals surface area contributed by atoms with E-state index in [4.69, 9.17) is 0 Å². The highest BCUT2D eigenvalue weighted by Gasteiger charge is 2.10. The number of aromatic nitrogens is 2. The lowest BCUT2D eigenvalue weighted by Crippen LogP contribution is -2.14. The van der Waals surface area contributed by atoms with Crippen molar-refractivity contribution >= 4 is 59.8 Å². The summed E-state index contributed by atoms with van der Waals surface area (Å²) in [7, 11) is 2.71. The summed E-state index contributed by atoms with van der Waals surface area (Å²) in [5.41, 5.74) is 7.07. The first kappa shape index (κ1) is 22.5. The van der Waals surface area contributed by atoms with Crippen LogP contribution in [0, 0.1) is 6.92 Å². The number of nitrogens with one attached hydrogen (secondary N) is 3. The van der Waals surface area contributed by atoms with E-state index in [1.807, 2.05) is 66.7 Å². The number of fused-ring (bicyclic) bond motifs is 1. The molecule has 2 aromatic heterocycles. The largest absolute Gasteiger partial charge is 0.355 e. The quantitative estimate of drug-likeness (QED) is 0.255. The molecule has 172 valence electrons. The lowest BCUT2D eigenvalue weighted by molar-refractivity contribution is 0.102. The Morgan fingerprint density at radius 1 is 0.771 bits per heavy atom. The maximum Gasteiger partial charge on any atom is 0.255 e. The van der Waals surface area contributed by atoms with Gasteiger partial charge in [-0.25, -0.2) is 0 Å². The number of benzene rings is 3. The van der Waals surface area contributed by atoms with Crippen LogP contribution < -0.4 is 21.3 Å². The number of hydrogen-bond acceptors (Lipinski definition) is 5. The van der Waals surface area contributed by atoms with Crippen LogP contribution in [0.15, 0.2) is 97.5 Å². The van der Waals surface area contributed by atoms with E-state index in [9.17, 15) is 4.79 Å². The molecule has 0 aliphatic rings. The van der Waals surface area contributed by atoms with Gasteiger partial charge in [0.05, 0.1) is 5.52 Å². The molecular weight excluding hydrogens is 453 g/mol. The van der Waals surface area contributed by atoms with Crippen molar-refractivity contribution < 1.29 is 4.79 Å². The van der Waals surface area contributed by atoms with Gasteiger partial charge in [0.15, 0.2) is 0 Å². The van der Waals surface area contributed by atoms with Gasteiger partial charge in [0.25, 0.3) is 5.91 Å². The molecule has 7 heteroatoms. The van der Waals surface area contributed by atoms with Crippen LogP contribution in [0.4, 0.5) is 28.4 Å². The van der Waals surface area contributed by atoms with Gasteiger partial charge in [-0.05, 0) is 79.0 Å². The van der Waals surface area contributed by atoms with Crippen LogP contribution in [-0.2, 0) is 0 Å². The van der Waals surface area contributed by atoms with Gasteiger partial charge in [0, 0.05) is 58.0 Å². The molecule has 0 saturated heterocycles. The number of anilines is 5. The monoisotopic (exact) mass is 477 g/mol. The topological polar surface area (TPSA) is 78.9 Å². The van der Waals surface area contributed by atoms with Crippen molar-refractivity contribution in [2.24, 2.45) is 0 Å². The zero-order chi connectivity index (χ0) is 24.2. The fraction of sp³-hybridized carbons (Fsp3) is 0.0357. The van der Waals surface area contributed by atoms with Gasteiger partial charge >= 0.3 is 0 Å². The summed E-state index contributed by atoms with van der Waals surface area (Å²) in [6.07, 6.45) is 5.25. The summed E-state index contributed by atoms with van der Waals surface area (Å²) in [5, 5.41) is 11.7. The Labute approximate surface area is 206 Å². The molecule has 6 nitrogen and oxygen atoms in total. The highest BCUT2D eigenvalue weighted by atomic mass is 31.0. The van der Waals surface area contributed by atoms with Crippen molar-refractivity contribution in [2.45, 2.75) is 6.92 Å². The first-order valence-electron chi connectivity index (χ1n) is 11.2. The normalized spacial score (nSPS) is 10.7. The molecule has 0 spiro atoms. The third-order valence-corrected chi connectivity index (χ3v) is 6.05. The predicted molar refractivity (Wildman–Crippen MR) is 147 cm³/mol. The van der Waals surface area contributed by atoms with E-state index < -0.39 is 0 Å². The van der Waals surface area contributed by atoms with E-state index in [1.54, 1.807) is 18.6 Å². The number of carbonyl (C=O) groups is 1. The first-order valence-corrected chi connectivity index (χ1v) is 11.7. The third-order valence-electron chi connectivity index (χ3n) is 5.57. The minimum Gasteiger partial charge on any atom is -0.355 e. The average Bonchev–Trinajstić information content (AvgIpc) is 2.86.